The van der Waals surface area contributed by atoms with Crippen LogP contribution < -0.4 is 5.32 Å². The first kappa shape index (κ1) is 12.3. The highest BCUT2D eigenvalue weighted by atomic mass is 17.1. The van der Waals surface area contributed by atoms with E-state index in [2.05, 4.69) is 10.2 Å². The maximum absolute atomic E-state index is 11.7. The molecule has 1 aromatic rings. The van der Waals surface area contributed by atoms with Crippen LogP contribution in [0, 0.1) is 0 Å². The minimum atomic E-state index is -0.726. The number of carbonyl (C=O) groups is 2. The lowest BCUT2D eigenvalue weighted by atomic mass is 9.92. The van der Waals surface area contributed by atoms with Crippen molar-refractivity contribution in [3.8, 4) is 0 Å². The quantitative estimate of drug-likeness (QED) is 0.484. The van der Waals surface area contributed by atoms with E-state index in [-0.39, 0.29) is 17.3 Å². The number of carbonyl (C=O) groups excluding carboxylic acids is 2. The van der Waals surface area contributed by atoms with E-state index in [1.54, 1.807) is 12.1 Å². The molecule has 0 fully saturated rings. The Kier molecular flexibility index (Phi) is 3.16. The molecule has 2 N–H and O–H groups in total. The average Bonchev–Trinajstić information content (AvgIpc) is 2.63. The van der Waals surface area contributed by atoms with Crippen molar-refractivity contribution >= 4 is 17.4 Å². The maximum atomic E-state index is 11.7. The molecule has 0 spiro atoms. The van der Waals surface area contributed by atoms with E-state index >= 15 is 0 Å². The van der Waals surface area contributed by atoms with E-state index in [0.717, 1.165) is 5.56 Å². The lowest BCUT2D eigenvalue weighted by Gasteiger charge is -2.12. The summed E-state index contributed by atoms with van der Waals surface area (Å²) in [5.41, 5.74) is 1.58. The van der Waals surface area contributed by atoms with Gasteiger partial charge in [0.2, 0.25) is 5.76 Å². The number of hydrogen-bond donors (Lipinski definition) is 2. The van der Waals surface area contributed by atoms with Gasteiger partial charge >= 0.3 is 0 Å². The van der Waals surface area contributed by atoms with Crippen LogP contribution in [0.5, 0.6) is 0 Å². The fourth-order valence-electron chi connectivity index (χ4n) is 2.00. The van der Waals surface area contributed by atoms with Gasteiger partial charge in [-0.25, -0.2) is 5.26 Å². The summed E-state index contributed by atoms with van der Waals surface area (Å²) in [4.78, 5) is 27.2. The number of amides is 2. The Labute approximate surface area is 104 Å². The van der Waals surface area contributed by atoms with Crippen LogP contribution in [0.1, 0.15) is 30.9 Å². The van der Waals surface area contributed by atoms with Gasteiger partial charge in [-0.1, -0.05) is 38.1 Å². The van der Waals surface area contributed by atoms with Crippen molar-refractivity contribution in [1.29, 1.82) is 0 Å². The molecule has 18 heavy (non-hydrogen) atoms. The smallest absolute Gasteiger partial charge is 0.298 e. The molecule has 0 bridgehead atoms. The predicted molar refractivity (Wildman–Crippen MR) is 64.3 cm³/mol. The van der Waals surface area contributed by atoms with Gasteiger partial charge in [0.05, 0.1) is 5.57 Å². The predicted octanol–water partition coefficient (Wildman–Crippen LogP) is 1.67. The Hall–Kier alpha value is -2.14. The Balaban J connectivity index is 2.64. The van der Waals surface area contributed by atoms with Crippen LogP contribution >= 0.6 is 0 Å². The zero-order valence-electron chi connectivity index (χ0n) is 10.1. The third-order valence-corrected chi connectivity index (χ3v) is 2.83. The number of benzene rings is 1. The van der Waals surface area contributed by atoms with Crippen molar-refractivity contribution in [3.63, 3.8) is 0 Å². The van der Waals surface area contributed by atoms with E-state index in [0.29, 0.717) is 5.56 Å². The molecular weight excluding hydrogens is 234 g/mol. The van der Waals surface area contributed by atoms with Crippen molar-refractivity contribution in [2.45, 2.75) is 19.8 Å². The molecule has 1 aromatic carbocycles. The Morgan fingerprint density at radius 2 is 1.83 bits per heavy atom. The molecule has 94 valence electrons. The molecule has 2 rings (SSSR count). The van der Waals surface area contributed by atoms with Gasteiger partial charge < -0.3 is 4.89 Å². The highest BCUT2D eigenvalue weighted by Gasteiger charge is 2.34. The summed E-state index contributed by atoms with van der Waals surface area (Å²) in [7, 11) is 0. The summed E-state index contributed by atoms with van der Waals surface area (Å²) in [6.45, 7) is 3.96. The molecule has 1 aliphatic rings. The number of hydrogen-bond acceptors (Lipinski definition) is 4. The molecule has 0 aliphatic carbocycles. The third kappa shape index (κ3) is 1.89. The molecule has 1 aliphatic heterocycles. The summed E-state index contributed by atoms with van der Waals surface area (Å²) in [6.07, 6.45) is 0. The molecule has 0 unspecified atom stereocenters. The van der Waals surface area contributed by atoms with Gasteiger partial charge in [0.1, 0.15) is 0 Å². The van der Waals surface area contributed by atoms with Crippen LogP contribution in [0.4, 0.5) is 0 Å². The molecule has 0 radical (unpaired) electrons. The Morgan fingerprint density at radius 3 is 2.44 bits per heavy atom. The zero-order valence-corrected chi connectivity index (χ0v) is 10.1. The van der Waals surface area contributed by atoms with E-state index in [1.165, 1.54) is 0 Å². The second-order valence-electron chi connectivity index (χ2n) is 4.32. The van der Waals surface area contributed by atoms with Crippen LogP contribution in [-0.4, -0.2) is 17.1 Å². The molecule has 0 saturated heterocycles. The van der Waals surface area contributed by atoms with Crippen molar-refractivity contribution in [3.05, 3.63) is 41.2 Å². The van der Waals surface area contributed by atoms with E-state index in [9.17, 15) is 9.59 Å². The number of rotatable bonds is 3. The first-order chi connectivity index (χ1) is 8.56. The SMILES string of the molecule is CC(C)c1ccccc1C1=C(OO)C(=O)NC1=O. The Bertz CT molecular complexity index is 546. The van der Waals surface area contributed by atoms with E-state index in [1.807, 2.05) is 26.0 Å². The van der Waals surface area contributed by atoms with Crippen molar-refractivity contribution in [2.75, 3.05) is 0 Å². The monoisotopic (exact) mass is 247 g/mol. The van der Waals surface area contributed by atoms with Gasteiger partial charge in [-0.15, -0.1) is 0 Å². The minimum absolute atomic E-state index is 0.0757. The largest absolute Gasteiger partial charge is 0.333 e. The molecule has 0 saturated carbocycles. The second-order valence-corrected chi connectivity index (χ2v) is 4.32. The van der Waals surface area contributed by atoms with Crippen LogP contribution in [-0.2, 0) is 14.5 Å². The molecule has 2 amide bonds. The molecule has 1 heterocycles. The zero-order chi connectivity index (χ0) is 13.3. The maximum Gasteiger partial charge on any atom is 0.298 e. The van der Waals surface area contributed by atoms with Gasteiger partial charge in [-0.3, -0.25) is 14.9 Å². The molecule has 0 atom stereocenters. The van der Waals surface area contributed by atoms with Crippen molar-refractivity contribution in [2.24, 2.45) is 0 Å². The topological polar surface area (TPSA) is 75.6 Å². The number of imide groups is 1. The van der Waals surface area contributed by atoms with Crippen LogP contribution in [0.2, 0.25) is 0 Å². The third-order valence-electron chi connectivity index (χ3n) is 2.83. The Morgan fingerprint density at radius 1 is 1.17 bits per heavy atom. The summed E-state index contributed by atoms with van der Waals surface area (Å²) < 4.78 is 0. The highest BCUT2D eigenvalue weighted by molar-refractivity contribution is 6.35. The van der Waals surface area contributed by atoms with Crippen molar-refractivity contribution in [1.82, 2.24) is 5.32 Å². The summed E-state index contributed by atoms with van der Waals surface area (Å²) >= 11 is 0. The number of nitrogens with one attached hydrogen (secondary N) is 1. The summed E-state index contributed by atoms with van der Waals surface area (Å²) in [5, 5.41) is 10.8. The van der Waals surface area contributed by atoms with Gasteiger partial charge in [0.15, 0.2) is 0 Å². The average molecular weight is 247 g/mol. The van der Waals surface area contributed by atoms with Gasteiger partial charge in [-0.05, 0) is 17.0 Å². The van der Waals surface area contributed by atoms with Gasteiger partial charge in [-0.2, -0.15) is 0 Å². The lowest BCUT2D eigenvalue weighted by Crippen LogP contribution is -2.23. The van der Waals surface area contributed by atoms with Crippen molar-refractivity contribution < 1.29 is 19.7 Å². The second kappa shape index (κ2) is 4.62. The fraction of sp³-hybridized carbons (Fsp3) is 0.231. The normalized spacial score (nSPS) is 15.3. The molecule has 5 heteroatoms. The molecule has 0 aromatic heterocycles. The van der Waals surface area contributed by atoms with Crippen LogP contribution in [0.15, 0.2) is 30.0 Å². The van der Waals surface area contributed by atoms with E-state index in [4.69, 9.17) is 5.26 Å². The highest BCUT2D eigenvalue weighted by Crippen LogP contribution is 2.30. The summed E-state index contributed by atoms with van der Waals surface area (Å²) in [5.74, 6) is -1.46. The fourth-order valence-corrected chi connectivity index (χ4v) is 2.00. The van der Waals surface area contributed by atoms with Crippen LogP contribution in [0.3, 0.4) is 0 Å². The first-order valence-corrected chi connectivity index (χ1v) is 5.57. The van der Waals surface area contributed by atoms with Gasteiger partial charge in [0, 0.05) is 0 Å². The summed E-state index contributed by atoms with van der Waals surface area (Å²) in [6, 6.07) is 7.22. The standard InChI is InChI=1S/C13H13NO4/c1-7(2)8-5-3-4-6-9(8)10-11(18-17)13(16)14-12(10)15/h3-7,17H,1-2H3,(H,14,15,16). The lowest BCUT2D eigenvalue weighted by molar-refractivity contribution is -0.203. The first-order valence-electron chi connectivity index (χ1n) is 5.57. The van der Waals surface area contributed by atoms with E-state index < -0.39 is 11.8 Å². The minimum Gasteiger partial charge on any atom is -0.333 e. The van der Waals surface area contributed by atoms with Crippen LogP contribution in [0.25, 0.3) is 5.57 Å². The molecular formula is C13H13NO4. The van der Waals surface area contributed by atoms with Gasteiger partial charge in [0.25, 0.3) is 11.8 Å². The molecule has 5 nitrogen and oxygen atoms in total.